The lowest BCUT2D eigenvalue weighted by Gasteiger charge is -2.34. The first-order valence-electron chi connectivity index (χ1n) is 6.42. The van der Waals surface area contributed by atoms with Crippen LogP contribution in [-0.2, 0) is 4.79 Å². The van der Waals surface area contributed by atoms with Crippen LogP contribution < -0.4 is 5.32 Å². The Bertz CT molecular complexity index is 348. The minimum atomic E-state index is -1.16. The Balaban J connectivity index is 1.95. The predicted octanol–water partition coefficient (Wildman–Crippen LogP) is 0.406. The first kappa shape index (κ1) is 13.1. The van der Waals surface area contributed by atoms with Crippen molar-refractivity contribution < 1.29 is 19.8 Å². The number of nitrogens with zero attached hydrogens (tertiary/aromatic N) is 1. The molecule has 0 bridgehead atoms. The first-order chi connectivity index (χ1) is 8.43. The normalized spacial score (nSPS) is 24.4. The monoisotopic (exact) mass is 256 g/mol. The van der Waals surface area contributed by atoms with Gasteiger partial charge in [-0.3, -0.25) is 0 Å². The van der Waals surface area contributed by atoms with Gasteiger partial charge in [-0.25, -0.2) is 9.59 Å². The number of nitrogens with one attached hydrogen (secondary N) is 1. The molecule has 2 aliphatic rings. The molecule has 2 amide bonds. The minimum Gasteiger partial charge on any atom is -0.480 e. The lowest BCUT2D eigenvalue weighted by molar-refractivity contribution is -0.144. The van der Waals surface area contributed by atoms with Crippen molar-refractivity contribution >= 4 is 12.0 Å². The van der Waals surface area contributed by atoms with E-state index in [1.165, 1.54) is 0 Å². The van der Waals surface area contributed by atoms with Gasteiger partial charge in [0.2, 0.25) is 0 Å². The highest BCUT2D eigenvalue weighted by Crippen LogP contribution is 2.39. The zero-order valence-corrected chi connectivity index (χ0v) is 10.6. The molecule has 0 spiro atoms. The average molecular weight is 256 g/mol. The summed E-state index contributed by atoms with van der Waals surface area (Å²) in [5.41, 5.74) is -1.16. The number of aliphatic carboxylic acids is 1. The summed E-state index contributed by atoms with van der Waals surface area (Å²) in [6, 6.07) is -0.335. The number of rotatable bonds is 3. The second kappa shape index (κ2) is 4.76. The molecule has 0 aromatic carbocycles. The van der Waals surface area contributed by atoms with Crippen molar-refractivity contribution in [3.63, 3.8) is 0 Å². The van der Waals surface area contributed by atoms with Gasteiger partial charge in [0.05, 0.1) is 6.10 Å². The molecule has 0 radical (unpaired) electrons. The third kappa shape index (κ3) is 2.58. The molecule has 1 saturated heterocycles. The van der Waals surface area contributed by atoms with E-state index >= 15 is 0 Å². The van der Waals surface area contributed by atoms with Crippen molar-refractivity contribution in [1.29, 1.82) is 0 Å². The number of piperidine rings is 1. The molecular formula is C12H20N2O4. The highest BCUT2D eigenvalue weighted by molar-refractivity contribution is 5.86. The highest BCUT2D eigenvalue weighted by atomic mass is 16.4. The number of hydrogen-bond acceptors (Lipinski definition) is 3. The van der Waals surface area contributed by atoms with Gasteiger partial charge < -0.3 is 20.4 Å². The number of carboxylic acid groups (broad SMARTS) is 1. The van der Waals surface area contributed by atoms with Crippen LogP contribution in [0.1, 0.15) is 32.6 Å². The highest BCUT2D eigenvalue weighted by Gasteiger charge is 2.49. The third-order valence-corrected chi connectivity index (χ3v) is 3.96. The fraction of sp³-hybridized carbons (Fsp3) is 0.833. The van der Waals surface area contributed by atoms with E-state index in [2.05, 4.69) is 5.32 Å². The topological polar surface area (TPSA) is 89.9 Å². The maximum Gasteiger partial charge on any atom is 0.329 e. The molecule has 1 unspecified atom stereocenters. The molecule has 1 heterocycles. The van der Waals surface area contributed by atoms with Gasteiger partial charge in [0.25, 0.3) is 0 Å². The quantitative estimate of drug-likeness (QED) is 0.682. The van der Waals surface area contributed by atoms with Crippen LogP contribution in [0.5, 0.6) is 0 Å². The van der Waals surface area contributed by atoms with Crippen molar-refractivity contribution in [3.05, 3.63) is 0 Å². The number of urea groups is 1. The van der Waals surface area contributed by atoms with Crippen molar-refractivity contribution in [2.45, 2.75) is 44.2 Å². The Morgan fingerprint density at radius 3 is 2.22 bits per heavy atom. The van der Waals surface area contributed by atoms with Crippen molar-refractivity contribution in [2.75, 3.05) is 13.1 Å². The Morgan fingerprint density at radius 1 is 1.22 bits per heavy atom. The molecule has 0 aromatic heterocycles. The van der Waals surface area contributed by atoms with Crippen molar-refractivity contribution in [3.8, 4) is 0 Å². The zero-order valence-electron chi connectivity index (χ0n) is 10.6. The molecule has 6 heteroatoms. The number of aliphatic hydroxyl groups excluding tert-OH is 1. The number of likely N-dealkylation sites (tertiary alicyclic amines) is 1. The van der Waals surface area contributed by atoms with Crippen LogP contribution in [-0.4, -0.2) is 51.8 Å². The van der Waals surface area contributed by atoms with E-state index in [-0.39, 0.29) is 18.1 Å². The molecule has 1 saturated carbocycles. The molecule has 1 atom stereocenters. The Hall–Kier alpha value is -1.30. The molecule has 1 aliphatic carbocycles. The SMILES string of the molecule is CC(NC(=O)N1CCC(O)CC1)(C(=O)O)C1CC1. The Morgan fingerprint density at radius 2 is 1.78 bits per heavy atom. The van der Waals surface area contributed by atoms with E-state index in [1.807, 2.05) is 0 Å². The summed E-state index contributed by atoms with van der Waals surface area (Å²) in [6.45, 7) is 2.53. The number of carboxylic acids is 1. The molecule has 6 nitrogen and oxygen atoms in total. The molecule has 102 valence electrons. The summed E-state index contributed by atoms with van der Waals surface area (Å²) in [7, 11) is 0. The van der Waals surface area contributed by atoms with Gasteiger partial charge in [-0.2, -0.15) is 0 Å². The largest absolute Gasteiger partial charge is 0.480 e. The molecule has 2 fully saturated rings. The third-order valence-electron chi connectivity index (χ3n) is 3.96. The number of aliphatic hydroxyl groups is 1. The second-order valence-electron chi connectivity index (χ2n) is 5.43. The van der Waals surface area contributed by atoms with E-state index in [4.69, 9.17) is 0 Å². The van der Waals surface area contributed by atoms with Crippen LogP contribution in [0.4, 0.5) is 4.79 Å². The van der Waals surface area contributed by atoms with Crippen LogP contribution in [0, 0.1) is 5.92 Å². The van der Waals surface area contributed by atoms with Crippen LogP contribution in [0.15, 0.2) is 0 Å². The second-order valence-corrected chi connectivity index (χ2v) is 5.43. The molecular weight excluding hydrogens is 236 g/mol. The summed E-state index contributed by atoms with van der Waals surface area (Å²) in [5, 5.41) is 21.3. The Kier molecular flexibility index (Phi) is 3.47. The van der Waals surface area contributed by atoms with Gasteiger partial charge in [-0.15, -0.1) is 0 Å². The smallest absolute Gasteiger partial charge is 0.329 e. The molecule has 3 N–H and O–H groups in total. The summed E-state index contributed by atoms with van der Waals surface area (Å²) >= 11 is 0. The molecule has 2 rings (SSSR count). The lowest BCUT2D eigenvalue weighted by atomic mass is 9.96. The molecule has 18 heavy (non-hydrogen) atoms. The van der Waals surface area contributed by atoms with Gasteiger partial charge in [-0.05, 0) is 38.5 Å². The van der Waals surface area contributed by atoms with Crippen LogP contribution >= 0.6 is 0 Å². The van der Waals surface area contributed by atoms with Gasteiger partial charge in [-0.1, -0.05) is 0 Å². The Labute approximate surface area is 106 Å². The number of carbonyl (C=O) groups excluding carboxylic acids is 1. The van der Waals surface area contributed by atoms with E-state index in [0.29, 0.717) is 25.9 Å². The van der Waals surface area contributed by atoms with Crippen molar-refractivity contribution in [2.24, 2.45) is 5.92 Å². The molecule has 1 aliphatic heterocycles. The standard InChI is InChI=1S/C12H20N2O4/c1-12(10(16)17,8-2-3-8)13-11(18)14-6-4-9(15)5-7-14/h8-9,15H,2-7H2,1H3,(H,13,18)(H,16,17). The molecule has 0 aromatic rings. The van der Waals surface area contributed by atoms with Crippen LogP contribution in [0.2, 0.25) is 0 Å². The maximum atomic E-state index is 12.0. The van der Waals surface area contributed by atoms with Gasteiger partial charge >= 0.3 is 12.0 Å². The van der Waals surface area contributed by atoms with Gasteiger partial charge in [0.1, 0.15) is 5.54 Å². The fourth-order valence-electron chi connectivity index (χ4n) is 2.36. The number of carbonyl (C=O) groups is 2. The summed E-state index contributed by atoms with van der Waals surface area (Å²) in [4.78, 5) is 24.9. The summed E-state index contributed by atoms with van der Waals surface area (Å²) in [6.07, 6.45) is 2.47. The maximum absolute atomic E-state index is 12.0. The first-order valence-corrected chi connectivity index (χ1v) is 6.42. The number of amides is 2. The number of hydrogen-bond donors (Lipinski definition) is 3. The van der Waals surface area contributed by atoms with E-state index < -0.39 is 11.5 Å². The van der Waals surface area contributed by atoms with Crippen LogP contribution in [0.3, 0.4) is 0 Å². The van der Waals surface area contributed by atoms with E-state index in [9.17, 15) is 19.8 Å². The lowest BCUT2D eigenvalue weighted by Crippen LogP contribution is -2.58. The average Bonchev–Trinajstić information content (AvgIpc) is 3.13. The van der Waals surface area contributed by atoms with Gasteiger partial charge in [0, 0.05) is 13.1 Å². The van der Waals surface area contributed by atoms with E-state index in [0.717, 1.165) is 12.8 Å². The summed E-state index contributed by atoms with van der Waals surface area (Å²) < 4.78 is 0. The predicted molar refractivity (Wildman–Crippen MR) is 64.1 cm³/mol. The van der Waals surface area contributed by atoms with E-state index in [1.54, 1.807) is 11.8 Å². The van der Waals surface area contributed by atoms with Crippen LogP contribution in [0.25, 0.3) is 0 Å². The van der Waals surface area contributed by atoms with Crippen molar-refractivity contribution in [1.82, 2.24) is 10.2 Å². The van der Waals surface area contributed by atoms with Gasteiger partial charge in [0.15, 0.2) is 0 Å². The minimum absolute atomic E-state index is 0.0364. The fourth-order valence-corrected chi connectivity index (χ4v) is 2.36. The zero-order chi connectivity index (χ0) is 13.3. The summed E-state index contributed by atoms with van der Waals surface area (Å²) in [5.74, 6) is -0.940.